The second-order valence-electron chi connectivity index (χ2n) is 7.56. The number of carbonyl (C=O) groups is 1. The Hall–Kier alpha value is -3.48. The van der Waals surface area contributed by atoms with E-state index in [2.05, 4.69) is 15.5 Å². The molecule has 1 amide bonds. The molecule has 0 spiro atoms. The highest BCUT2D eigenvalue weighted by Gasteiger charge is 2.21. The van der Waals surface area contributed by atoms with E-state index in [9.17, 15) is 4.79 Å². The van der Waals surface area contributed by atoms with E-state index in [0.717, 1.165) is 45.7 Å². The molecule has 0 bridgehead atoms. The number of nitrogens with zero attached hydrogens (tertiary/aromatic N) is 5. The standard InChI is InChI=1S/C23H26N6O/c1-6-29-13-17(12-24-29)21-11-19(18-9-7-8-10-20(18)26-21)23(30)25-14(2)22-15(3)27-28(5)16(22)4/h7-14H,6H2,1-5H3,(H,25,30)/t14-/m0/s1. The van der Waals surface area contributed by atoms with Crippen LogP contribution in [-0.2, 0) is 13.6 Å². The SMILES string of the molecule is CCn1cc(-c2cc(C(=O)N[C@@H](C)c3c(C)nn(C)c3C)c3ccccc3n2)cn1. The van der Waals surface area contributed by atoms with Crippen molar-refractivity contribution in [1.82, 2.24) is 29.9 Å². The zero-order valence-electron chi connectivity index (χ0n) is 18.0. The summed E-state index contributed by atoms with van der Waals surface area (Å²) in [5.74, 6) is -0.132. The topological polar surface area (TPSA) is 77.6 Å². The maximum atomic E-state index is 13.3. The molecule has 7 nitrogen and oxygen atoms in total. The number of hydrogen-bond acceptors (Lipinski definition) is 4. The molecule has 0 aliphatic rings. The van der Waals surface area contributed by atoms with Crippen LogP contribution in [-0.4, -0.2) is 30.5 Å². The predicted molar refractivity (Wildman–Crippen MR) is 117 cm³/mol. The number of hydrogen-bond donors (Lipinski definition) is 1. The molecule has 0 radical (unpaired) electrons. The number of nitrogens with one attached hydrogen (secondary N) is 1. The molecule has 7 heteroatoms. The summed E-state index contributed by atoms with van der Waals surface area (Å²) < 4.78 is 3.70. The third-order valence-corrected chi connectivity index (χ3v) is 5.56. The number of aromatic nitrogens is 5. The average Bonchev–Trinajstić information content (AvgIpc) is 3.31. The number of para-hydroxylation sites is 1. The first-order valence-corrected chi connectivity index (χ1v) is 10.1. The number of carbonyl (C=O) groups excluding carboxylic acids is 1. The first kappa shape index (κ1) is 19.8. The zero-order chi connectivity index (χ0) is 21.4. The highest BCUT2D eigenvalue weighted by Crippen LogP contribution is 2.26. The molecule has 0 saturated heterocycles. The van der Waals surface area contributed by atoms with E-state index in [1.54, 1.807) is 6.20 Å². The van der Waals surface area contributed by atoms with Gasteiger partial charge in [0, 0.05) is 42.0 Å². The molecule has 30 heavy (non-hydrogen) atoms. The molecule has 1 N–H and O–H groups in total. The van der Waals surface area contributed by atoms with Crippen molar-refractivity contribution in [2.45, 2.75) is 40.3 Å². The third kappa shape index (κ3) is 3.47. The molecule has 4 aromatic rings. The fraction of sp³-hybridized carbons (Fsp3) is 0.304. The van der Waals surface area contributed by atoms with Gasteiger partial charge in [-0.1, -0.05) is 18.2 Å². The first-order chi connectivity index (χ1) is 14.4. The van der Waals surface area contributed by atoms with Gasteiger partial charge in [-0.2, -0.15) is 10.2 Å². The average molecular weight is 403 g/mol. The van der Waals surface area contributed by atoms with Gasteiger partial charge >= 0.3 is 0 Å². The van der Waals surface area contributed by atoms with Gasteiger partial charge in [-0.05, 0) is 39.8 Å². The minimum atomic E-state index is -0.163. The van der Waals surface area contributed by atoms with Gasteiger partial charge in [0.05, 0.1) is 34.7 Å². The normalized spacial score (nSPS) is 12.3. The van der Waals surface area contributed by atoms with Gasteiger partial charge in [0.25, 0.3) is 5.91 Å². The summed E-state index contributed by atoms with van der Waals surface area (Å²) in [6, 6.07) is 9.41. The van der Waals surface area contributed by atoms with Gasteiger partial charge in [-0.25, -0.2) is 4.98 Å². The molecule has 3 heterocycles. The van der Waals surface area contributed by atoms with Gasteiger partial charge in [-0.3, -0.25) is 14.2 Å². The number of amides is 1. The maximum Gasteiger partial charge on any atom is 0.252 e. The van der Waals surface area contributed by atoms with Gasteiger partial charge in [0.1, 0.15) is 0 Å². The largest absolute Gasteiger partial charge is 0.345 e. The molecule has 0 fully saturated rings. The summed E-state index contributed by atoms with van der Waals surface area (Å²) in [5.41, 5.74) is 6.04. The number of rotatable bonds is 5. The Bertz CT molecular complexity index is 1240. The molecule has 154 valence electrons. The smallest absolute Gasteiger partial charge is 0.252 e. The molecular weight excluding hydrogens is 376 g/mol. The van der Waals surface area contributed by atoms with Crippen LogP contribution >= 0.6 is 0 Å². The fourth-order valence-corrected chi connectivity index (χ4v) is 3.94. The van der Waals surface area contributed by atoms with Crippen molar-refractivity contribution in [2.24, 2.45) is 7.05 Å². The van der Waals surface area contributed by atoms with Crippen molar-refractivity contribution in [3.8, 4) is 11.3 Å². The lowest BCUT2D eigenvalue weighted by Gasteiger charge is -2.16. The monoisotopic (exact) mass is 402 g/mol. The van der Waals surface area contributed by atoms with Crippen LogP contribution in [0.25, 0.3) is 22.2 Å². The second-order valence-corrected chi connectivity index (χ2v) is 7.56. The Morgan fingerprint density at radius 1 is 1.23 bits per heavy atom. The number of aryl methyl sites for hydroxylation is 3. The number of fused-ring (bicyclic) bond motifs is 1. The summed E-state index contributed by atoms with van der Waals surface area (Å²) in [4.78, 5) is 18.1. The van der Waals surface area contributed by atoms with Gasteiger partial charge in [-0.15, -0.1) is 0 Å². The molecule has 0 aliphatic heterocycles. The van der Waals surface area contributed by atoms with E-state index in [-0.39, 0.29) is 11.9 Å². The summed E-state index contributed by atoms with van der Waals surface area (Å²) in [5, 5.41) is 12.8. The minimum Gasteiger partial charge on any atom is -0.345 e. The van der Waals surface area contributed by atoms with Crippen LogP contribution in [0.1, 0.15) is 47.2 Å². The quantitative estimate of drug-likeness (QED) is 0.548. The highest BCUT2D eigenvalue weighted by molar-refractivity contribution is 6.07. The Balaban J connectivity index is 1.74. The van der Waals surface area contributed by atoms with Crippen LogP contribution in [0.5, 0.6) is 0 Å². The summed E-state index contributed by atoms with van der Waals surface area (Å²) >= 11 is 0. The Morgan fingerprint density at radius 3 is 2.67 bits per heavy atom. The van der Waals surface area contributed by atoms with Crippen molar-refractivity contribution >= 4 is 16.8 Å². The molecule has 0 unspecified atom stereocenters. The van der Waals surface area contributed by atoms with Crippen molar-refractivity contribution in [3.05, 3.63) is 65.2 Å². The maximum absolute atomic E-state index is 13.3. The minimum absolute atomic E-state index is 0.132. The number of pyridine rings is 1. The molecule has 3 aromatic heterocycles. The van der Waals surface area contributed by atoms with E-state index in [1.807, 2.05) is 80.6 Å². The van der Waals surface area contributed by atoms with Crippen molar-refractivity contribution in [3.63, 3.8) is 0 Å². The van der Waals surface area contributed by atoms with Crippen molar-refractivity contribution in [1.29, 1.82) is 0 Å². The zero-order valence-corrected chi connectivity index (χ0v) is 18.0. The van der Waals surface area contributed by atoms with Crippen molar-refractivity contribution in [2.75, 3.05) is 0 Å². The summed E-state index contributed by atoms with van der Waals surface area (Å²) in [6.07, 6.45) is 3.73. The number of benzene rings is 1. The Labute approximate surface area is 175 Å². The molecule has 1 aromatic carbocycles. The molecular formula is C23H26N6O. The van der Waals surface area contributed by atoms with E-state index in [4.69, 9.17) is 4.98 Å². The first-order valence-electron chi connectivity index (χ1n) is 10.1. The van der Waals surface area contributed by atoms with Crippen LogP contribution < -0.4 is 5.32 Å². The lowest BCUT2D eigenvalue weighted by Crippen LogP contribution is -2.27. The van der Waals surface area contributed by atoms with E-state index in [0.29, 0.717) is 5.56 Å². The van der Waals surface area contributed by atoms with E-state index in [1.165, 1.54) is 0 Å². The predicted octanol–water partition coefficient (Wildman–Crippen LogP) is 3.96. The van der Waals surface area contributed by atoms with Crippen LogP contribution in [0, 0.1) is 13.8 Å². The molecule has 4 rings (SSSR count). The third-order valence-electron chi connectivity index (χ3n) is 5.56. The second kappa shape index (κ2) is 7.74. The summed E-state index contributed by atoms with van der Waals surface area (Å²) in [6.45, 7) is 8.79. The Morgan fingerprint density at radius 2 is 2.00 bits per heavy atom. The van der Waals surface area contributed by atoms with Gasteiger partial charge in [0.2, 0.25) is 0 Å². The van der Waals surface area contributed by atoms with E-state index < -0.39 is 0 Å². The summed E-state index contributed by atoms with van der Waals surface area (Å²) in [7, 11) is 1.92. The van der Waals surface area contributed by atoms with E-state index >= 15 is 0 Å². The van der Waals surface area contributed by atoms with Crippen LogP contribution in [0.2, 0.25) is 0 Å². The van der Waals surface area contributed by atoms with Crippen LogP contribution in [0.15, 0.2) is 42.7 Å². The van der Waals surface area contributed by atoms with Gasteiger partial charge in [0.15, 0.2) is 0 Å². The lowest BCUT2D eigenvalue weighted by molar-refractivity contribution is 0.0941. The van der Waals surface area contributed by atoms with Crippen LogP contribution in [0.3, 0.4) is 0 Å². The van der Waals surface area contributed by atoms with Crippen LogP contribution in [0.4, 0.5) is 0 Å². The van der Waals surface area contributed by atoms with Gasteiger partial charge < -0.3 is 5.32 Å². The fourth-order valence-electron chi connectivity index (χ4n) is 3.94. The molecule has 0 aliphatic carbocycles. The van der Waals surface area contributed by atoms with Crippen molar-refractivity contribution < 1.29 is 4.79 Å². The molecule has 1 atom stereocenters. The lowest BCUT2D eigenvalue weighted by atomic mass is 10.0. The molecule has 0 saturated carbocycles. The highest BCUT2D eigenvalue weighted by atomic mass is 16.1. The Kier molecular flexibility index (Phi) is 5.11.